The Labute approximate surface area is 560 Å². The fourth-order valence-corrected chi connectivity index (χ4v) is 10.2. The molecule has 12 heteroatoms. The Morgan fingerprint density at radius 1 is 0.389 bits per heavy atom. The molecule has 12 nitrogen and oxygen atoms in total. The maximum atomic E-state index is 8.28. The fraction of sp³-hybridized carbons (Fsp3) is 0.231. The summed E-state index contributed by atoms with van der Waals surface area (Å²) in [5.74, 6) is -5.97. The average molecular weight is 1210 g/mol. The maximum absolute atomic E-state index is 8.28. The fourth-order valence-electron chi connectivity index (χ4n) is 10.2. The summed E-state index contributed by atoms with van der Waals surface area (Å²) in [6, 6.07) is 53.3. The van der Waals surface area contributed by atoms with Crippen LogP contribution in [0.5, 0.6) is 0 Å². The number of benzene rings is 4. The first-order chi connectivity index (χ1) is 51.4. The van der Waals surface area contributed by atoms with Crippen LogP contribution in [0.2, 0.25) is 0 Å². The van der Waals surface area contributed by atoms with Gasteiger partial charge in [-0.1, -0.05) is 107 Å². The summed E-state index contributed by atoms with van der Waals surface area (Å²) in [4.78, 5) is 32.8. The van der Waals surface area contributed by atoms with Crippen LogP contribution in [0.1, 0.15) is 113 Å². The molecule has 0 aliphatic carbocycles. The first kappa shape index (κ1) is 42.6. The van der Waals surface area contributed by atoms with Crippen LogP contribution in [0, 0.1) is 40.4 Å². The van der Waals surface area contributed by atoms with E-state index < -0.39 is 65.1 Å². The van der Waals surface area contributed by atoms with Gasteiger partial charge < -0.3 is 0 Å². The Bertz CT molecular complexity index is 5200. The van der Waals surface area contributed by atoms with E-state index in [4.69, 9.17) is 27.4 Å². The van der Waals surface area contributed by atoms with Gasteiger partial charge in [-0.25, -0.2) is 58.1 Å². The SMILES string of the molecule is [2H]C([2H])([2H])C([2H])(Cc1nccc(-c2ccc(-c3ccccc3C)[n+](C)c2)n1)C([2H])([2H])[2H].[2H]C([2H])([2H])C([2H])(c1nccc(-c2ccc(-c3ccccc3C)[n+](C)c2)n1)C([2H])([2H])[2H].[2H]C([2H])([2H])Cc1nccc(-c2ccc(-c3ccccc3C)[n+](C)c2)n1.[2H]C([2H])([2H])c1ncc(-c2ccc(-c3ccccc3C)[n+](C)c2)cn1. The molecule has 0 saturated heterocycles. The van der Waals surface area contributed by atoms with Crippen LogP contribution in [0.25, 0.3) is 89.9 Å². The number of rotatable bonds is 12. The van der Waals surface area contributed by atoms with Crippen LogP contribution < -0.4 is 18.3 Å². The van der Waals surface area contributed by atoms with Gasteiger partial charge in [0.25, 0.3) is 0 Å². The second-order valence-electron chi connectivity index (χ2n) is 21.4. The minimum atomic E-state index is -3.13. The molecule has 0 fully saturated rings. The Morgan fingerprint density at radius 3 is 1.16 bits per heavy atom. The van der Waals surface area contributed by atoms with Gasteiger partial charge >= 0.3 is 0 Å². The van der Waals surface area contributed by atoms with Gasteiger partial charge in [0, 0.05) is 135 Å². The standard InChI is InChI=1S/C21H24N3.C20H22N3.C19H20N3.C18H18N3/c1-15(2)13-21-22-12-11-19(23-21)17-9-10-20(24(4)14-17)18-8-6-5-7-16(18)3;1-14(2)20-21-12-11-18(22-20)16-9-10-19(23(4)13-16)17-8-6-5-7-15(17)3;1-4-19-20-12-11-17(21-19)15-9-10-18(22(3)13-15)16-8-6-5-7-14(16)2;1-13-6-4-5-7-17(13)18-9-8-15(12-21(18)3)16-10-19-14(2)20-11-16/h5-12,14-15H,13H2,1-4H3;5-14H,1-4H3;5-13H,4H2,1-3H3;4-12H,1-3H3/q4*+1/i1D3,2D3,15D;1D3,2D3,14D;1D3;2D3. The Kier molecular flexibility index (Phi) is 14.3. The molecule has 0 amide bonds. The van der Waals surface area contributed by atoms with Crippen LogP contribution in [0.15, 0.2) is 220 Å². The third-order valence-electron chi connectivity index (χ3n) is 14.9. The van der Waals surface area contributed by atoms with Gasteiger partial charge in [0.15, 0.2) is 24.8 Å². The van der Waals surface area contributed by atoms with Crippen LogP contribution in [-0.4, -0.2) is 39.9 Å². The monoisotopic (exact) mass is 1210 g/mol. The van der Waals surface area contributed by atoms with Crippen LogP contribution in [0.3, 0.4) is 0 Å². The van der Waals surface area contributed by atoms with E-state index in [0.29, 0.717) is 22.8 Å². The van der Waals surface area contributed by atoms with Crippen molar-refractivity contribution in [1.82, 2.24) is 39.9 Å². The summed E-state index contributed by atoms with van der Waals surface area (Å²) in [6.07, 6.45) is 14.4. The van der Waals surface area contributed by atoms with Crippen LogP contribution in [0.4, 0.5) is 0 Å². The third-order valence-corrected chi connectivity index (χ3v) is 14.9. The highest BCUT2D eigenvalue weighted by molar-refractivity contribution is 5.68. The van der Waals surface area contributed by atoms with Crippen LogP contribution >= 0.6 is 0 Å². The van der Waals surface area contributed by atoms with E-state index in [1.165, 1.54) is 34.6 Å². The summed E-state index contributed by atoms with van der Waals surface area (Å²) in [5.41, 5.74) is 19.1. The second-order valence-corrected chi connectivity index (χ2v) is 21.4. The number of hydrogen-bond acceptors (Lipinski definition) is 8. The molecule has 8 aromatic heterocycles. The predicted octanol–water partition coefficient (Wildman–Crippen LogP) is 15.0. The van der Waals surface area contributed by atoms with Gasteiger partial charge in [0.2, 0.25) is 22.8 Å². The Balaban J connectivity index is 0.000000170. The van der Waals surface area contributed by atoms with E-state index in [-0.39, 0.29) is 18.1 Å². The molecule has 0 aliphatic heterocycles. The van der Waals surface area contributed by atoms with Gasteiger partial charge in [0.05, 0.1) is 33.8 Å². The highest BCUT2D eigenvalue weighted by atomic mass is 15.0. The minimum Gasteiger partial charge on any atom is -0.241 e. The summed E-state index contributed by atoms with van der Waals surface area (Å²) in [6.45, 7) is -8.39. The zero-order valence-electron chi connectivity index (χ0n) is 71.6. The van der Waals surface area contributed by atoms with Crippen molar-refractivity contribution in [3.63, 3.8) is 0 Å². The molecule has 0 aliphatic rings. The molecule has 12 aromatic rings. The zero-order chi connectivity index (χ0) is 80.7. The number of aryl methyl sites for hydroxylation is 10. The summed E-state index contributed by atoms with van der Waals surface area (Å²) >= 11 is 0. The average Bonchev–Trinajstić information content (AvgIpc) is 0.745. The van der Waals surface area contributed by atoms with Crippen molar-refractivity contribution in [3.05, 3.63) is 265 Å². The van der Waals surface area contributed by atoms with Gasteiger partial charge in [-0.15, -0.1) is 0 Å². The first-order valence-electron chi connectivity index (χ1n) is 38.9. The molecule has 4 aromatic carbocycles. The van der Waals surface area contributed by atoms with Crippen molar-refractivity contribution >= 4 is 0 Å². The van der Waals surface area contributed by atoms with Crippen molar-refractivity contribution in [2.75, 3.05) is 0 Å². The predicted molar refractivity (Wildman–Crippen MR) is 362 cm³/mol. The van der Waals surface area contributed by atoms with Crippen molar-refractivity contribution in [3.8, 4) is 89.9 Å². The van der Waals surface area contributed by atoms with E-state index in [1.807, 2.05) is 185 Å². The van der Waals surface area contributed by atoms with E-state index >= 15 is 0 Å². The summed E-state index contributed by atoms with van der Waals surface area (Å²) < 4.78 is 160. The van der Waals surface area contributed by atoms with E-state index in [2.05, 4.69) is 99.3 Å². The van der Waals surface area contributed by atoms with Gasteiger partial charge in [-0.2, -0.15) is 0 Å². The molecular formula is C78H84N12+4. The third kappa shape index (κ3) is 16.3. The summed E-state index contributed by atoms with van der Waals surface area (Å²) in [5, 5.41) is 0. The largest absolute Gasteiger partial charge is 0.241 e. The molecule has 0 atom stereocenters. The normalized spacial score (nSPS) is 15.2. The highest BCUT2D eigenvalue weighted by Crippen LogP contribution is 2.28. The van der Waals surface area contributed by atoms with Crippen molar-refractivity contribution in [2.45, 2.75) is 87.5 Å². The Hall–Kier alpha value is -10.2. The summed E-state index contributed by atoms with van der Waals surface area (Å²) in [7, 11) is 7.79. The second kappa shape index (κ2) is 30.1. The zero-order valence-corrected chi connectivity index (χ0v) is 51.6. The topological polar surface area (TPSA) is 119 Å². The lowest BCUT2D eigenvalue weighted by atomic mass is 10.0. The van der Waals surface area contributed by atoms with Crippen LogP contribution in [-0.2, 0) is 41.0 Å². The molecule has 0 bridgehead atoms. The van der Waals surface area contributed by atoms with Crippen molar-refractivity contribution in [2.24, 2.45) is 34.1 Å². The molecule has 0 N–H and O–H groups in total. The van der Waals surface area contributed by atoms with Crippen molar-refractivity contribution in [1.29, 1.82) is 0 Å². The highest BCUT2D eigenvalue weighted by Gasteiger charge is 2.19. The maximum Gasteiger partial charge on any atom is 0.212 e. The smallest absolute Gasteiger partial charge is 0.212 e. The molecule has 12 rings (SSSR count). The lowest BCUT2D eigenvalue weighted by molar-refractivity contribution is -0.660. The van der Waals surface area contributed by atoms with Gasteiger partial charge in [-0.05, 0) is 129 Å². The van der Waals surface area contributed by atoms with E-state index in [1.54, 1.807) is 36.8 Å². The minimum absolute atomic E-state index is 0.00498. The van der Waals surface area contributed by atoms with E-state index in [9.17, 15) is 0 Å². The van der Waals surface area contributed by atoms with E-state index in [0.717, 1.165) is 73.0 Å². The Morgan fingerprint density at radius 2 is 0.767 bits per heavy atom. The lowest BCUT2D eigenvalue weighted by Gasteiger charge is -2.07. The number of pyridine rings is 4. The molecular weight excluding hydrogens is 1100 g/mol. The number of nitrogens with zero attached hydrogens (tertiary/aromatic N) is 12. The molecule has 0 radical (unpaired) electrons. The molecule has 90 heavy (non-hydrogen) atoms. The van der Waals surface area contributed by atoms with Crippen molar-refractivity contribution < 1.29 is 45.7 Å². The van der Waals surface area contributed by atoms with Gasteiger partial charge in [-0.3, -0.25) is 0 Å². The molecule has 8 heterocycles. The number of hydrogen-bond donors (Lipinski definition) is 0. The number of aromatic nitrogens is 12. The molecule has 0 spiro atoms. The van der Waals surface area contributed by atoms with Gasteiger partial charge in [0.1, 0.15) is 51.5 Å². The molecule has 452 valence electrons. The molecule has 0 saturated carbocycles. The lowest BCUT2D eigenvalue weighted by Crippen LogP contribution is -2.31. The first-order valence-corrected chi connectivity index (χ1v) is 28.9. The quantitative estimate of drug-likeness (QED) is 0.111. The molecule has 0 unspecified atom stereocenters.